The summed E-state index contributed by atoms with van der Waals surface area (Å²) in [7, 11) is -3.60. The third-order valence-corrected chi connectivity index (χ3v) is 7.73. The Morgan fingerprint density at radius 2 is 2.03 bits per heavy atom. The summed E-state index contributed by atoms with van der Waals surface area (Å²) in [6.07, 6.45) is 4.09. The van der Waals surface area contributed by atoms with Gasteiger partial charge in [0.25, 0.3) is 0 Å². The molecule has 0 saturated carbocycles. The summed E-state index contributed by atoms with van der Waals surface area (Å²) in [5.41, 5.74) is 3.84. The molecule has 1 atom stereocenters. The molecule has 30 heavy (non-hydrogen) atoms. The highest BCUT2D eigenvalue weighted by Gasteiger charge is 2.34. The van der Waals surface area contributed by atoms with Crippen LogP contribution in [-0.2, 0) is 16.4 Å². The van der Waals surface area contributed by atoms with E-state index in [9.17, 15) is 12.8 Å². The maximum absolute atomic E-state index is 13.4. The molecule has 1 aliphatic rings. The van der Waals surface area contributed by atoms with Gasteiger partial charge in [0.2, 0.25) is 10.0 Å². The molecule has 4 rings (SSSR count). The number of aryl methyl sites for hydroxylation is 2. The van der Waals surface area contributed by atoms with Gasteiger partial charge < -0.3 is 0 Å². The number of hydrogen-bond acceptors (Lipinski definition) is 4. The zero-order valence-electron chi connectivity index (χ0n) is 17.1. The molecule has 1 aliphatic heterocycles. The Morgan fingerprint density at radius 1 is 1.20 bits per heavy atom. The van der Waals surface area contributed by atoms with Gasteiger partial charge in [0.15, 0.2) is 0 Å². The molecule has 2 aromatic heterocycles. The van der Waals surface area contributed by atoms with E-state index in [1.807, 2.05) is 18.2 Å². The van der Waals surface area contributed by atoms with Gasteiger partial charge in [-0.1, -0.05) is 18.2 Å². The lowest BCUT2D eigenvalue weighted by Gasteiger charge is -2.31. The zero-order chi connectivity index (χ0) is 21.3. The minimum Gasteiger partial charge on any atom is -0.281 e. The van der Waals surface area contributed by atoms with E-state index in [4.69, 9.17) is 0 Å². The predicted octanol–water partition coefficient (Wildman–Crippen LogP) is 3.72. The standard InChI is InChI=1S/C22H25FN4O2S/c1-15-22(16(2)26-25-15)30(28,29)27-10-4-6-19(14-27)21-9-8-18(13-24-21)11-17-5-3-7-20(23)12-17/h3,5,7-9,12-13,19H,4,6,10-11,14H2,1-2H3,(H,25,26). The Morgan fingerprint density at radius 3 is 2.70 bits per heavy atom. The van der Waals surface area contributed by atoms with Crippen molar-refractivity contribution < 1.29 is 12.8 Å². The molecule has 1 unspecified atom stereocenters. The van der Waals surface area contributed by atoms with Gasteiger partial charge in [-0.05, 0) is 62.4 Å². The number of nitrogens with zero attached hydrogens (tertiary/aromatic N) is 3. The molecule has 0 spiro atoms. The minimum atomic E-state index is -3.60. The zero-order valence-corrected chi connectivity index (χ0v) is 17.9. The predicted molar refractivity (Wildman–Crippen MR) is 112 cm³/mol. The van der Waals surface area contributed by atoms with Gasteiger partial charge in [0, 0.05) is 30.9 Å². The fourth-order valence-electron chi connectivity index (χ4n) is 4.12. The van der Waals surface area contributed by atoms with Gasteiger partial charge in [-0.2, -0.15) is 9.40 Å². The molecule has 1 fully saturated rings. The second-order valence-corrected chi connectivity index (χ2v) is 9.74. The number of sulfonamides is 1. The number of pyridine rings is 1. The van der Waals surface area contributed by atoms with Crippen molar-refractivity contribution in [2.75, 3.05) is 13.1 Å². The lowest BCUT2D eigenvalue weighted by Crippen LogP contribution is -2.39. The van der Waals surface area contributed by atoms with Crippen LogP contribution >= 0.6 is 0 Å². The van der Waals surface area contributed by atoms with Crippen molar-refractivity contribution in [2.45, 2.75) is 43.9 Å². The van der Waals surface area contributed by atoms with E-state index < -0.39 is 10.0 Å². The Bertz CT molecular complexity index is 1120. The quantitative estimate of drug-likeness (QED) is 0.672. The summed E-state index contributed by atoms with van der Waals surface area (Å²) in [5, 5.41) is 6.80. The first-order valence-corrected chi connectivity index (χ1v) is 11.5. The van der Waals surface area contributed by atoms with Crippen LogP contribution in [0.4, 0.5) is 4.39 Å². The van der Waals surface area contributed by atoms with Crippen LogP contribution in [0.25, 0.3) is 0 Å². The van der Waals surface area contributed by atoms with Crippen molar-refractivity contribution >= 4 is 10.0 Å². The lowest BCUT2D eigenvalue weighted by molar-refractivity contribution is 0.312. The van der Waals surface area contributed by atoms with Gasteiger partial charge in [-0.15, -0.1) is 0 Å². The van der Waals surface area contributed by atoms with Crippen molar-refractivity contribution in [3.05, 3.63) is 76.6 Å². The van der Waals surface area contributed by atoms with Crippen LogP contribution in [-0.4, -0.2) is 41.0 Å². The maximum Gasteiger partial charge on any atom is 0.246 e. The van der Waals surface area contributed by atoms with E-state index in [0.717, 1.165) is 29.7 Å². The summed E-state index contributed by atoms with van der Waals surface area (Å²) in [4.78, 5) is 4.88. The van der Waals surface area contributed by atoms with Crippen LogP contribution < -0.4 is 0 Å². The molecule has 3 aromatic rings. The van der Waals surface area contributed by atoms with Gasteiger partial charge in [0.05, 0.1) is 11.4 Å². The summed E-state index contributed by atoms with van der Waals surface area (Å²) >= 11 is 0. The number of benzene rings is 1. The summed E-state index contributed by atoms with van der Waals surface area (Å²) in [6.45, 7) is 4.34. The molecule has 3 heterocycles. The summed E-state index contributed by atoms with van der Waals surface area (Å²) in [5.74, 6) is -0.201. The number of H-pyrrole nitrogens is 1. The average molecular weight is 429 g/mol. The highest BCUT2D eigenvalue weighted by Crippen LogP contribution is 2.31. The Hall–Kier alpha value is -2.58. The number of piperidine rings is 1. The van der Waals surface area contributed by atoms with E-state index in [2.05, 4.69) is 15.2 Å². The van der Waals surface area contributed by atoms with E-state index in [-0.39, 0.29) is 16.6 Å². The summed E-state index contributed by atoms with van der Waals surface area (Å²) in [6, 6.07) is 10.5. The fraction of sp³-hybridized carbons (Fsp3) is 0.364. The number of aromatic amines is 1. The highest BCUT2D eigenvalue weighted by atomic mass is 32.2. The van der Waals surface area contributed by atoms with E-state index in [0.29, 0.717) is 30.9 Å². The Balaban J connectivity index is 1.49. The largest absolute Gasteiger partial charge is 0.281 e. The minimum absolute atomic E-state index is 0.0456. The first kappa shape index (κ1) is 20.7. The monoisotopic (exact) mass is 428 g/mol. The van der Waals surface area contributed by atoms with Crippen LogP contribution in [0.15, 0.2) is 47.5 Å². The maximum atomic E-state index is 13.4. The van der Waals surface area contributed by atoms with Crippen LogP contribution in [0.1, 0.15) is 47.0 Å². The molecule has 6 nitrogen and oxygen atoms in total. The van der Waals surface area contributed by atoms with Crippen LogP contribution in [0.5, 0.6) is 0 Å². The Kier molecular flexibility index (Phi) is 5.71. The fourth-order valence-corrected chi connectivity index (χ4v) is 5.97. The second-order valence-electron chi connectivity index (χ2n) is 7.86. The van der Waals surface area contributed by atoms with Gasteiger partial charge in [-0.25, -0.2) is 12.8 Å². The number of rotatable bonds is 5. The number of aromatic nitrogens is 3. The van der Waals surface area contributed by atoms with Gasteiger partial charge >= 0.3 is 0 Å². The normalized spacial score (nSPS) is 17.9. The Labute approximate surface area is 176 Å². The van der Waals surface area contributed by atoms with Crippen molar-refractivity contribution in [3.63, 3.8) is 0 Å². The second kappa shape index (κ2) is 8.28. The number of halogens is 1. The average Bonchev–Trinajstić information content (AvgIpc) is 3.07. The lowest BCUT2D eigenvalue weighted by atomic mass is 9.95. The SMILES string of the molecule is Cc1n[nH]c(C)c1S(=O)(=O)N1CCCC(c2ccc(Cc3cccc(F)c3)cn2)C1. The molecular weight excluding hydrogens is 403 g/mol. The van der Waals surface area contributed by atoms with Crippen LogP contribution in [0, 0.1) is 19.7 Å². The smallest absolute Gasteiger partial charge is 0.246 e. The van der Waals surface area contributed by atoms with Crippen molar-refractivity contribution in [1.82, 2.24) is 19.5 Å². The topological polar surface area (TPSA) is 79.0 Å². The molecule has 1 N–H and O–H groups in total. The molecular formula is C22H25FN4O2S. The molecule has 8 heteroatoms. The molecule has 0 radical (unpaired) electrons. The number of nitrogens with one attached hydrogen (secondary N) is 1. The van der Waals surface area contributed by atoms with Gasteiger partial charge in [0.1, 0.15) is 10.7 Å². The third-order valence-electron chi connectivity index (χ3n) is 5.61. The molecule has 0 aliphatic carbocycles. The van der Waals surface area contributed by atoms with E-state index in [1.54, 1.807) is 30.4 Å². The first-order valence-electron chi connectivity index (χ1n) is 10.1. The third kappa shape index (κ3) is 4.15. The van der Waals surface area contributed by atoms with Crippen molar-refractivity contribution in [2.24, 2.45) is 0 Å². The van der Waals surface area contributed by atoms with Crippen LogP contribution in [0.3, 0.4) is 0 Å². The molecule has 0 amide bonds. The van der Waals surface area contributed by atoms with E-state index in [1.165, 1.54) is 12.1 Å². The van der Waals surface area contributed by atoms with E-state index >= 15 is 0 Å². The van der Waals surface area contributed by atoms with Crippen LogP contribution in [0.2, 0.25) is 0 Å². The number of hydrogen-bond donors (Lipinski definition) is 1. The first-order chi connectivity index (χ1) is 14.3. The summed E-state index contributed by atoms with van der Waals surface area (Å²) < 4.78 is 41.3. The highest BCUT2D eigenvalue weighted by molar-refractivity contribution is 7.89. The van der Waals surface area contributed by atoms with Crippen molar-refractivity contribution in [3.8, 4) is 0 Å². The molecule has 158 valence electrons. The molecule has 1 aromatic carbocycles. The molecule has 0 bridgehead atoms. The van der Waals surface area contributed by atoms with Crippen molar-refractivity contribution in [1.29, 1.82) is 0 Å². The molecule has 1 saturated heterocycles. The van der Waals surface area contributed by atoms with Gasteiger partial charge in [-0.3, -0.25) is 10.1 Å².